The molecule has 17 heavy (non-hydrogen) atoms. The van der Waals surface area contributed by atoms with Gasteiger partial charge in [0.05, 0.1) is 5.52 Å². The first-order chi connectivity index (χ1) is 8.02. The zero-order chi connectivity index (χ0) is 12.6. The lowest BCUT2D eigenvalue weighted by Crippen LogP contribution is -2.22. The van der Waals surface area contributed by atoms with Gasteiger partial charge < -0.3 is 10.8 Å². The molecule has 2 aromatic rings. The number of benzene rings is 1. The second kappa shape index (κ2) is 4.22. The zero-order valence-corrected chi connectivity index (χ0v) is 9.92. The van der Waals surface area contributed by atoms with Gasteiger partial charge >= 0.3 is 6.09 Å². The highest BCUT2D eigenvalue weighted by molar-refractivity contribution is 5.91. The van der Waals surface area contributed by atoms with Crippen molar-refractivity contribution in [3.63, 3.8) is 0 Å². The lowest BCUT2D eigenvalue weighted by atomic mass is 9.95. The molecule has 4 heteroatoms. The Kier molecular flexibility index (Phi) is 2.90. The second-order valence-corrected chi connectivity index (χ2v) is 4.40. The Morgan fingerprint density at radius 1 is 1.35 bits per heavy atom. The van der Waals surface area contributed by atoms with Crippen LogP contribution in [-0.2, 0) is 0 Å². The molecule has 0 amide bonds. The van der Waals surface area contributed by atoms with Crippen LogP contribution in [0.15, 0.2) is 30.5 Å². The van der Waals surface area contributed by atoms with Crippen LogP contribution in [-0.4, -0.2) is 21.8 Å². The fraction of sp³-hybridized carbons (Fsp3) is 0.308. The number of carbonyl (C=O) groups is 1. The molecule has 1 aromatic heterocycles. The van der Waals surface area contributed by atoms with Crippen molar-refractivity contribution in [1.29, 1.82) is 0 Å². The molecule has 0 aliphatic rings. The third-order valence-corrected chi connectivity index (χ3v) is 3.23. The van der Waals surface area contributed by atoms with Gasteiger partial charge in [-0.05, 0) is 24.5 Å². The Bertz CT molecular complexity index is 558. The molecule has 3 N–H and O–H groups in total. The van der Waals surface area contributed by atoms with Crippen LogP contribution in [0.1, 0.15) is 25.3 Å². The summed E-state index contributed by atoms with van der Waals surface area (Å²) in [5, 5.41) is 10.1. The molecule has 0 fully saturated rings. The van der Waals surface area contributed by atoms with Crippen LogP contribution in [0.25, 0.3) is 10.9 Å². The summed E-state index contributed by atoms with van der Waals surface area (Å²) in [6.45, 7) is 3.94. The minimum atomic E-state index is -0.968. The number of hydrogen-bond donors (Lipinski definition) is 2. The third kappa shape index (κ3) is 1.91. The van der Waals surface area contributed by atoms with Gasteiger partial charge in [0.2, 0.25) is 0 Å². The van der Waals surface area contributed by atoms with Crippen LogP contribution in [0.5, 0.6) is 0 Å². The summed E-state index contributed by atoms with van der Waals surface area (Å²) in [4.78, 5) is 11.2. The van der Waals surface area contributed by atoms with E-state index in [1.54, 1.807) is 12.3 Å². The molecular formula is C13H16N2O2. The number of para-hydroxylation sites is 1. The van der Waals surface area contributed by atoms with Crippen LogP contribution in [0.3, 0.4) is 0 Å². The van der Waals surface area contributed by atoms with E-state index in [9.17, 15) is 4.79 Å². The summed E-state index contributed by atoms with van der Waals surface area (Å²) < 4.78 is 1.25. The van der Waals surface area contributed by atoms with Crippen molar-refractivity contribution in [2.75, 3.05) is 0 Å². The SMILES string of the molecule is CC(c1cn(C(=O)O)c2ccccc12)[C@@H](C)N. The van der Waals surface area contributed by atoms with E-state index in [1.807, 2.05) is 32.0 Å². The minimum Gasteiger partial charge on any atom is -0.464 e. The molecule has 90 valence electrons. The lowest BCUT2D eigenvalue weighted by Gasteiger charge is -2.14. The van der Waals surface area contributed by atoms with Crippen molar-refractivity contribution in [3.05, 3.63) is 36.0 Å². The molecule has 0 aliphatic heterocycles. The average molecular weight is 232 g/mol. The molecule has 1 unspecified atom stereocenters. The second-order valence-electron chi connectivity index (χ2n) is 4.40. The number of rotatable bonds is 2. The van der Waals surface area contributed by atoms with Crippen LogP contribution >= 0.6 is 0 Å². The summed E-state index contributed by atoms with van der Waals surface area (Å²) in [6, 6.07) is 7.47. The Morgan fingerprint density at radius 3 is 2.59 bits per heavy atom. The summed E-state index contributed by atoms with van der Waals surface area (Å²) in [5.41, 5.74) is 7.58. The molecule has 1 heterocycles. The van der Waals surface area contributed by atoms with E-state index in [-0.39, 0.29) is 12.0 Å². The molecular weight excluding hydrogens is 216 g/mol. The number of aromatic nitrogens is 1. The summed E-state index contributed by atoms with van der Waals surface area (Å²) >= 11 is 0. The van der Waals surface area contributed by atoms with E-state index in [0.717, 1.165) is 10.9 Å². The highest BCUT2D eigenvalue weighted by Crippen LogP contribution is 2.28. The largest absolute Gasteiger partial charge is 0.464 e. The van der Waals surface area contributed by atoms with E-state index in [0.29, 0.717) is 5.52 Å². The van der Waals surface area contributed by atoms with E-state index in [4.69, 9.17) is 10.8 Å². The molecule has 0 spiro atoms. The monoisotopic (exact) mass is 232 g/mol. The van der Waals surface area contributed by atoms with Gasteiger partial charge in [0.15, 0.2) is 0 Å². The van der Waals surface area contributed by atoms with E-state index < -0.39 is 6.09 Å². The number of fused-ring (bicyclic) bond motifs is 1. The van der Waals surface area contributed by atoms with Crippen molar-refractivity contribution in [1.82, 2.24) is 4.57 Å². The molecule has 1 aromatic carbocycles. The van der Waals surface area contributed by atoms with Crippen LogP contribution in [0.4, 0.5) is 4.79 Å². The summed E-state index contributed by atoms with van der Waals surface area (Å²) in [7, 11) is 0. The van der Waals surface area contributed by atoms with Gasteiger partial charge in [-0.15, -0.1) is 0 Å². The highest BCUT2D eigenvalue weighted by Gasteiger charge is 2.18. The standard InChI is InChI=1S/C13H16N2O2/c1-8(9(2)14)11-7-15(13(16)17)12-6-4-3-5-10(11)12/h3-9H,14H2,1-2H3,(H,16,17)/t8?,9-/m1/s1. The Hall–Kier alpha value is -1.81. The maximum atomic E-state index is 11.2. The first-order valence-corrected chi connectivity index (χ1v) is 5.61. The molecule has 4 nitrogen and oxygen atoms in total. The average Bonchev–Trinajstić information content (AvgIpc) is 2.67. The van der Waals surface area contributed by atoms with Gasteiger partial charge in [0.1, 0.15) is 0 Å². The number of nitrogens with two attached hydrogens (primary N) is 1. The molecule has 0 bridgehead atoms. The van der Waals surface area contributed by atoms with Gasteiger partial charge in [0.25, 0.3) is 0 Å². The van der Waals surface area contributed by atoms with Crippen molar-refractivity contribution in [2.24, 2.45) is 5.73 Å². The van der Waals surface area contributed by atoms with Gasteiger partial charge in [0, 0.05) is 17.6 Å². The smallest absolute Gasteiger partial charge is 0.416 e. The van der Waals surface area contributed by atoms with Crippen molar-refractivity contribution < 1.29 is 9.90 Å². The lowest BCUT2D eigenvalue weighted by molar-refractivity contribution is 0.197. The van der Waals surface area contributed by atoms with Crippen LogP contribution < -0.4 is 5.73 Å². The van der Waals surface area contributed by atoms with Gasteiger partial charge in [-0.1, -0.05) is 25.1 Å². The van der Waals surface area contributed by atoms with Gasteiger partial charge in [-0.3, -0.25) is 4.57 Å². The number of carboxylic acid groups (broad SMARTS) is 1. The Balaban J connectivity index is 2.68. The van der Waals surface area contributed by atoms with Crippen LogP contribution in [0, 0.1) is 0 Å². The maximum absolute atomic E-state index is 11.2. The fourth-order valence-electron chi connectivity index (χ4n) is 2.01. The molecule has 0 radical (unpaired) electrons. The predicted molar refractivity (Wildman–Crippen MR) is 67.4 cm³/mol. The summed E-state index contributed by atoms with van der Waals surface area (Å²) in [6.07, 6.45) is 0.699. The molecule has 0 saturated heterocycles. The number of hydrogen-bond acceptors (Lipinski definition) is 2. The minimum absolute atomic E-state index is 0.0111. The molecule has 0 saturated carbocycles. The van der Waals surface area contributed by atoms with Gasteiger partial charge in [-0.25, -0.2) is 4.79 Å². The normalized spacial score (nSPS) is 14.8. The first kappa shape index (κ1) is 11.7. The Labute approximate surface area is 99.7 Å². The molecule has 2 atom stereocenters. The van der Waals surface area contributed by atoms with Crippen molar-refractivity contribution >= 4 is 17.0 Å². The quantitative estimate of drug-likeness (QED) is 0.836. The van der Waals surface area contributed by atoms with E-state index >= 15 is 0 Å². The maximum Gasteiger partial charge on any atom is 0.416 e. The molecule has 2 rings (SSSR count). The highest BCUT2D eigenvalue weighted by atomic mass is 16.4. The van der Waals surface area contributed by atoms with Crippen LogP contribution in [0.2, 0.25) is 0 Å². The predicted octanol–water partition coefficient (Wildman–Crippen LogP) is 2.62. The van der Waals surface area contributed by atoms with Crippen molar-refractivity contribution in [3.8, 4) is 0 Å². The molecule has 0 aliphatic carbocycles. The Morgan fingerprint density at radius 2 is 2.00 bits per heavy atom. The van der Waals surface area contributed by atoms with E-state index in [1.165, 1.54) is 4.57 Å². The first-order valence-electron chi connectivity index (χ1n) is 5.61. The zero-order valence-electron chi connectivity index (χ0n) is 9.92. The summed E-state index contributed by atoms with van der Waals surface area (Å²) in [5.74, 6) is 0.125. The van der Waals surface area contributed by atoms with Gasteiger partial charge in [-0.2, -0.15) is 0 Å². The topological polar surface area (TPSA) is 68.2 Å². The fourth-order valence-corrected chi connectivity index (χ4v) is 2.01. The third-order valence-electron chi connectivity index (χ3n) is 3.23. The number of nitrogens with zero attached hydrogens (tertiary/aromatic N) is 1. The van der Waals surface area contributed by atoms with Crippen molar-refractivity contribution in [2.45, 2.75) is 25.8 Å². The van der Waals surface area contributed by atoms with E-state index in [2.05, 4.69) is 0 Å².